The summed E-state index contributed by atoms with van der Waals surface area (Å²) in [4.78, 5) is 23.3. The van der Waals surface area contributed by atoms with Crippen LogP contribution in [0.4, 0.5) is 0 Å². The lowest BCUT2D eigenvalue weighted by molar-refractivity contribution is -0.135. The summed E-state index contributed by atoms with van der Waals surface area (Å²) in [5.74, 6) is -0.0139. The lowest BCUT2D eigenvalue weighted by atomic mass is 9.83. The molecule has 23 heavy (non-hydrogen) atoms. The molecule has 1 aliphatic heterocycles. The predicted molar refractivity (Wildman–Crippen MR) is 84.2 cm³/mol. The Labute approximate surface area is 139 Å². The Morgan fingerprint density at radius 2 is 1.91 bits per heavy atom. The van der Waals surface area contributed by atoms with Gasteiger partial charge in [-0.1, -0.05) is 11.6 Å². The number of carbonyl (C=O) groups is 2. The van der Waals surface area contributed by atoms with Crippen LogP contribution < -0.4 is 9.47 Å². The Morgan fingerprint density at radius 1 is 1.30 bits per heavy atom. The minimum Gasteiger partial charge on any atom is -0.465 e. The number of hydrogen-bond acceptors (Lipinski definition) is 5. The van der Waals surface area contributed by atoms with Crippen LogP contribution in [0.2, 0.25) is 5.02 Å². The quantitative estimate of drug-likeness (QED) is 0.770. The summed E-state index contributed by atoms with van der Waals surface area (Å²) in [6.45, 7) is 3.64. The SMILES string of the molecule is COC(=O)c1cc(Cl)c2c(c1C)O[C@@](C)(C1CCC(=O)CC1)O2. The van der Waals surface area contributed by atoms with Crippen molar-refractivity contribution in [1.29, 1.82) is 0 Å². The van der Waals surface area contributed by atoms with Gasteiger partial charge in [-0.05, 0) is 25.8 Å². The molecule has 1 heterocycles. The highest BCUT2D eigenvalue weighted by Gasteiger charge is 2.47. The van der Waals surface area contributed by atoms with E-state index in [4.69, 9.17) is 25.8 Å². The fourth-order valence-corrected chi connectivity index (χ4v) is 3.53. The molecule has 0 aromatic heterocycles. The standard InChI is InChI=1S/C17H19ClO5/c1-9-12(16(20)21-3)8-13(18)15-14(9)22-17(2,23-15)10-4-6-11(19)7-5-10/h8,10H,4-7H2,1-3H3/t17-/m1/s1. The van der Waals surface area contributed by atoms with Gasteiger partial charge in [0.05, 0.1) is 17.7 Å². The van der Waals surface area contributed by atoms with Gasteiger partial charge in [-0.15, -0.1) is 0 Å². The minimum atomic E-state index is -0.869. The molecule has 1 atom stereocenters. The van der Waals surface area contributed by atoms with Gasteiger partial charge in [0.1, 0.15) is 5.78 Å². The number of methoxy groups -OCH3 is 1. The van der Waals surface area contributed by atoms with E-state index in [-0.39, 0.29) is 11.7 Å². The van der Waals surface area contributed by atoms with Crippen LogP contribution in [-0.2, 0) is 9.53 Å². The molecular formula is C17H19ClO5. The molecule has 1 aromatic carbocycles. The number of halogens is 1. The maximum Gasteiger partial charge on any atom is 0.338 e. The van der Waals surface area contributed by atoms with Crippen molar-refractivity contribution in [1.82, 2.24) is 0 Å². The van der Waals surface area contributed by atoms with E-state index >= 15 is 0 Å². The van der Waals surface area contributed by atoms with E-state index in [9.17, 15) is 9.59 Å². The number of hydrogen-bond donors (Lipinski definition) is 0. The molecule has 0 spiro atoms. The Kier molecular flexibility index (Phi) is 4.00. The van der Waals surface area contributed by atoms with Gasteiger partial charge < -0.3 is 14.2 Å². The highest BCUT2D eigenvalue weighted by molar-refractivity contribution is 6.32. The topological polar surface area (TPSA) is 61.8 Å². The van der Waals surface area contributed by atoms with E-state index in [1.165, 1.54) is 7.11 Å². The van der Waals surface area contributed by atoms with Gasteiger partial charge in [0.15, 0.2) is 11.5 Å². The van der Waals surface area contributed by atoms with E-state index in [1.807, 2.05) is 6.92 Å². The fourth-order valence-electron chi connectivity index (χ4n) is 3.30. The molecule has 2 aliphatic rings. The van der Waals surface area contributed by atoms with Crippen molar-refractivity contribution in [3.05, 3.63) is 22.2 Å². The molecule has 0 unspecified atom stereocenters. The third kappa shape index (κ3) is 2.67. The lowest BCUT2D eigenvalue weighted by Crippen LogP contribution is -2.44. The van der Waals surface area contributed by atoms with Crippen molar-refractivity contribution in [2.45, 2.75) is 45.3 Å². The highest BCUT2D eigenvalue weighted by atomic mass is 35.5. The maximum absolute atomic E-state index is 11.9. The smallest absolute Gasteiger partial charge is 0.338 e. The normalized spacial score (nSPS) is 23.9. The van der Waals surface area contributed by atoms with Crippen LogP contribution in [-0.4, -0.2) is 24.6 Å². The zero-order valence-electron chi connectivity index (χ0n) is 13.4. The molecule has 0 bridgehead atoms. The zero-order chi connectivity index (χ0) is 16.8. The Hall–Kier alpha value is -1.75. The Balaban J connectivity index is 1.94. The van der Waals surface area contributed by atoms with Crippen LogP contribution in [0.1, 0.15) is 48.5 Å². The number of rotatable bonds is 2. The first-order chi connectivity index (χ1) is 10.9. The van der Waals surface area contributed by atoms with E-state index in [0.717, 1.165) is 12.8 Å². The van der Waals surface area contributed by atoms with Gasteiger partial charge in [0, 0.05) is 31.2 Å². The molecule has 1 fully saturated rings. The molecule has 6 heteroatoms. The molecule has 5 nitrogen and oxygen atoms in total. The third-order valence-electron chi connectivity index (χ3n) is 4.74. The first-order valence-corrected chi connectivity index (χ1v) is 8.04. The summed E-state index contributed by atoms with van der Waals surface area (Å²) < 4.78 is 16.9. The Bertz CT molecular complexity index is 674. The van der Waals surface area contributed by atoms with Gasteiger partial charge >= 0.3 is 5.97 Å². The number of ether oxygens (including phenoxy) is 3. The molecule has 1 saturated carbocycles. The van der Waals surface area contributed by atoms with Crippen molar-refractivity contribution < 1.29 is 23.8 Å². The van der Waals surface area contributed by atoms with Crippen molar-refractivity contribution >= 4 is 23.4 Å². The van der Waals surface area contributed by atoms with E-state index in [0.29, 0.717) is 40.5 Å². The van der Waals surface area contributed by atoms with Gasteiger partial charge in [-0.2, -0.15) is 0 Å². The van der Waals surface area contributed by atoms with Crippen LogP contribution in [0.3, 0.4) is 0 Å². The molecule has 124 valence electrons. The number of ketones is 1. The first-order valence-electron chi connectivity index (χ1n) is 7.67. The number of Topliss-reactive ketones (excluding diaryl/α,β-unsaturated/α-hetero) is 1. The van der Waals surface area contributed by atoms with Crippen LogP contribution in [0.15, 0.2) is 6.07 Å². The number of carbonyl (C=O) groups excluding carboxylic acids is 2. The summed E-state index contributed by atoms with van der Waals surface area (Å²) in [6.07, 6.45) is 2.54. The summed E-state index contributed by atoms with van der Waals surface area (Å²) in [6, 6.07) is 1.54. The molecule has 1 aliphatic carbocycles. The predicted octanol–water partition coefficient (Wildman–Crippen LogP) is 3.68. The largest absolute Gasteiger partial charge is 0.465 e. The van der Waals surface area contributed by atoms with Crippen LogP contribution >= 0.6 is 11.6 Å². The summed E-state index contributed by atoms with van der Waals surface area (Å²) in [7, 11) is 1.32. The first kappa shape index (κ1) is 16.1. The molecule has 0 amide bonds. The molecule has 0 radical (unpaired) electrons. The summed E-state index contributed by atoms with van der Waals surface area (Å²) in [5.41, 5.74) is 1.01. The third-order valence-corrected chi connectivity index (χ3v) is 5.02. The Morgan fingerprint density at radius 3 is 2.52 bits per heavy atom. The second kappa shape index (κ2) is 5.71. The van der Waals surface area contributed by atoms with Crippen LogP contribution in [0.5, 0.6) is 11.5 Å². The molecular weight excluding hydrogens is 320 g/mol. The van der Waals surface area contributed by atoms with Crippen molar-refractivity contribution in [2.75, 3.05) is 7.11 Å². The summed E-state index contributed by atoms with van der Waals surface area (Å²) >= 11 is 6.27. The molecule has 1 aromatic rings. The second-order valence-corrected chi connectivity index (χ2v) is 6.62. The molecule has 0 saturated heterocycles. The van der Waals surface area contributed by atoms with Gasteiger partial charge in [0.2, 0.25) is 0 Å². The molecule has 0 N–H and O–H groups in total. The summed E-state index contributed by atoms with van der Waals surface area (Å²) in [5, 5.41) is 0.321. The lowest BCUT2D eigenvalue weighted by Gasteiger charge is -2.34. The second-order valence-electron chi connectivity index (χ2n) is 6.21. The minimum absolute atomic E-state index is 0.102. The molecule has 3 rings (SSSR count). The van der Waals surface area contributed by atoms with Crippen molar-refractivity contribution in [2.24, 2.45) is 5.92 Å². The van der Waals surface area contributed by atoms with Crippen LogP contribution in [0, 0.1) is 12.8 Å². The number of benzene rings is 1. The van der Waals surface area contributed by atoms with Gasteiger partial charge in [-0.3, -0.25) is 4.79 Å². The van der Waals surface area contributed by atoms with Gasteiger partial charge in [-0.25, -0.2) is 4.79 Å². The number of fused-ring (bicyclic) bond motifs is 1. The van der Waals surface area contributed by atoms with E-state index in [1.54, 1.807) is 13.0 Å². The van der Waals surface area contributed by atoms with E-state index < -0.39 is 11.8 Å². The maximum atomic E-state index is 11.9. The monoisotopic (exact) mass is 338 g/mol. The average Bonchev–Trinajstić information content (AvgIpc) is 2.90. The fraction of sp³-hybridized carbons (Fsp3) is 0.529. The van der Waals surface area contributed by atoms with Crippen molar-refractivity contribution in [3.63, 3.8) is 0 Å². The number of esters is 1. The van der Waals surface area contributed by atoms with E-state index in [2.05, 4.69) is 0 Å². The van der Waals surface area contributed by atoms with Crippen LogP contribution in [0.25, 0.3) is 0 Å². The van der Waals surface area contributed by atoms with Gasteiger partial charge in [0.25, 0.3) is 5.79 Å². The van der Waals surface area contributed by atoms with Crippen molar-refractivity contribution in [3.8, 4) is 11.5 Å². The highest BCUT2D eigenvalue weighted by Crippen LogP contribution is 2.51. The average molecular weight is 339 g/mol. The zero-order valence-corrected chi connectivity index (χ0v) is 14.2.